The maximum Gasteiger partial charge on any atom is 0.509 e. The molecule has 0 aromatic heterocycles. The molecule has 0 spiro atoms. The molecule has 1 aliphatic heterocycles. The van der Waals surface area contributed by atoms with Crippen LogP contribution in [0.25, 0.3) is 0 Å². The van der Waals surface area contributed by atoms with E-state index in [2.05, 4.69) is 22.6 Å². The van der Waals surface area contributed by atoms with Crippen molar-refractivity contribution in [1.29, 1.82) is 0 Å². The third-order valence-electron chi connectivity index (χ3n) is 7.58. The van der Waals surface area contributed by atoms with E-state index in [1.807, 2.05) is 13.8 Å². The Labute approximate surface area is 155 Å². The van der Waals surface area contributed by atoms with Crippen LogP contribution in [0.5, 0.6) is 0 Å². The molecule has 5 aliphatic rings. The van der Waals surface area contributed by atoms with Crippen LogP contribution in [0, 0.1) is 35.5 Å². The quantitative estimate of drug-likeness (QED) is 0.288. The van der Waals surface area contributed by atoms with E-state index < -0.39 is 9.58 Å². The van der Waals surface area contributed by atoms with Crippen molar-refractivity contribution in [2.24, 2.45) is 35.5 Å². The summed E-state index contributed by atoms with van der Waals surface area (Å²) in [6, 6.07) is 0. The van der Waals surface area contributed by atoms with Gasteiger partial charge in [-0.1, -0.05) is 29.5 Å². The van der Waals surface area contributed by atoms with E-state index in [0.717, 1.165) is 25.7 Å². The highest BCUT2D eigenvalue weighted by Gasteiger charge is 2.71. The molecule has 24 heavy (non-hydrogen) atoms. The van der Waals surface area contributed by atoms with E-state index in [1.165, 1.54) is 0 Å². The van der Waals surface area contributed by atoms with Gasteiger partial charge in [0.15, 0.2) is 0 Å². The molecule has 4 saturated carbocycles. The van der Waals surface area contributed by atoms with Crippen molar-refractivity contribution in [3.8, 4) is 0 Å². The molecule has 10 unspecified atom stereocenters. The predicted octanol–water partition coefficient (Wildman–Crippen LogP) is 3.33. The molecule has 132 valence electrons. The smallest absolute Gasteiger partial charge is 0.461 e. The van der Waals surface area contributed by atoms with Crippen LogP contribution in [0.4, 0.5) is 4.79 Å². The molecule has 6 heteroatoms. The monoisotopic (exact) mass is 446 g/mol. The number of hydrogen-bond acceptors (Lipinski definition) is 5. The number of halogens is 1. The van der Waals surface area contributed by atoms with E-state index in [1.54, 1.807) is 0 Å². The first-order valence-electron chi connectivity index (χ1n) is 9.18. The zero-order chi connectivity index (χ0) is 16.8. The number of carbonyl (C=O) groups is 2. The summed E-state index contributed by atoms with van der Waals surface area (Å²) >= 11 is 2.21. The molecule has 5 fully saturated rings. The summed E-state index contributed by atoms with van der Waals surface area (Å²) in [5.74, 6) is 3.06. The molecular weight excluding hydrogens is 423 g/mol. The number of carbonyl (C=O) groups excluding carboxylic acids is 2. The minimum Gasteiger partial charge on any atom is -0.461 e. The Morgan fingerprint density at radius 1 is 1.17 bits per heavy atom. The van der Waals surface area contributed by atoms with Gasteiger partial charge >= 0.3 is 12.1 Å². The summed E-state index contributed by atoms with van der Waals surface area (Å²) in [6.07, 6.45) is 3.55. The lowest BCUT2D eigenvalue weighted by atomic mass is 9.68. The van der Waals surface area contributed by atoms with Crippen LogP contribution in [0.2, 0.25) is 0 Å². The van der Waals surface area contributed by atoms with Crippen molar-refractivity contribution in [2.75, 3.05) is 0 Å². The van der Waals surface area contributed by atoms with Crippen molar-refractivity contribution >= 4 is 34.7 Å². The first kappa shape index (κ1) is 15.7. The second kappa shape index (κ2) is 5.01. The zero-order valence-corrected chi connectivity index (χ0v) is 16.1. The molecule has 0 aromatic carbocycles. The van der Waals surface area contributed by atoms with Crippen LogP contribution >= 0.6 is 22.6 Å². The topological polar surface area (TPSA) is 61.8 Å². The lowest BCUT2D eigenvalue weighted by molar-refractivity contribution is -0.157. The number of fused-ring (bicyclic) bond motifs is 12. The van der Waals surface area contributed by atoms with Crippen LogP contribution < -0.4 is 0 Å². The highest BCUT2D eigenvalue weighted by molar-refractivity contribution is 14.1. The van der Waals surface area contributed by atoms with Gasteiger partial charge in [0.2, 0.25) is 0 Å². The largest absolute Gasteiger partial charge is 0.509 e. The van der Waals surface area contributed by atoms with Gasteiger partial charge in [-0.2, -0.15) is 0 Å². The predicted molar refractivity (Wildman–Crippen MR) is 92.5 cm³/mol. The first-order valence-corrected chi connectivity index (χ1v) is 10.3. The summed E-state index contributed by atoms with van der Waals surface area (Å²) in [5, 5.41) is 0. The van der Waals surface area contributed by atoms with E-state index >= 15 is 0 Å². The van der Waals surface area contributed by atoms with Crippen molar-refractivity contribution in [3.63, 3.8) is 0 Å². The van der Waals surface area contributed by atoms with Gasteiger partial charge in [0.25, 0.3) is 0 Å². The molecule has 10 atom stereocenters. The zero-order valence-electron chi connectivity index (χ0n) is 13.9. The fourth-order valence-electron chi connectivity index (χ4n) is 6.55. The van der Waals surface area contributed by atoms with Gasteiger partial charge in [0.05, 0.1) is 0 Å². The molecule has 1 heterocycles. The summed E-state index contributed by atoms with van der Waals surface area (Å²) in [7, 11) is 0. The highest BCUT2D eigenvalue weighted by atomic mass is 127. The Hall–Kier alpha value is -0.530. The molecule has 0 radical (unpaired) electrons. The van der Waals surface area contributed by atoms with Crippen LogP contribution in [0.15, 0.2) is 0 Å². The molecular formula is C18H23IO5. The second-order valence-corrected chi connectivity index (χ2v) is 10.9. The molecule has 5 nitrogen and oxygen atoms in total. The minimum atomic E-state index is -0.487. The van der Waals surface area contributed by atoms with Crippen molar-refractivity contribution < 1.29 is 23.8 Å². The lowest BCUT2D eigenvalue weighted by Crippen LogP contribution is -2.47. The first-order chi connectivity index (χ1) is 11.4. The van der Waals surface area contributed by atoms with Crippen LogP contribution in [-0.4, -0.2) is 33.9 Å². The Kier molecular flexibility index (Phi) is 3.28. The van der Waals surface area contributed by atoms with E-state index in [9.17, 15) is 9.59 Å². The molecule has 5 rings (SSSR count). The number of ether oxygens (including phenoxy) is 3. The van der Waals surface area contributed by atoms with Gasteiger partial charge in [-0.15, -0.1) is 0 Å². The van der Waals surface area contributed by atoms with Gasteiger partial charge < -0.3 is 14.2 Å². The fraction of sp³-hybridized carbons (Fsp3) is 0.889. The van der Waals surface area contributed by atoms with Crippen molar-refractivity contribution in [3.05, 3.63) is 0 Å². The Balaban J connectivity index is 1.35. The summed E-state index contributed by atoms with van der Waals surface area (Å²) in [6.45, 7) is 3.97. The van der Waals surface area contributed by atoms with Gasteiger partial charge in [0, 0.05) is 11.8 Å². The van der Waals surface area contributed by atoms with Crippen molar-refractivity contribution in [1.82, 2.24) is 0 Å². The van der Waals surface area contributed by atoms with E-state index in [4.69, 9.17) is 14.2 Å². The third kappa shape index (κ3) is 1.92. The molecule has 1 saturated heterocycles. The molecule has 0 amide bonds. The lowest BCUT2D eigenvalue weighted by Gasteiger charge is -2.41. The average molecular weight is 446 g/mol. The summed E-state index contributed by atoms with van der Waals surface area (Å²) < 4.78 is 16.4. The number of alkyl halides is 1. The summed E-state index contributed by atoms with van der Waals surface area (Å²) in [5.41, 5.74) is 0. The maximum absolute atomic E-state index is 12.5. The van der Waals surface area contributed by atoms with Gasteiger partial charge in [-0.3, -0.25) is 4.79 Å². The van der Waals surface area contributed by atoms with E-state index in [0.29, 0.717) is 35.5 Å². The Bertz CT molecular complexity index is 604. The summed E-state index contributed by atoms with van der Waals surface area (Å²) in [4.78, 5) is 24.0. The van der Waals surface area contributed by atoms with Crippen LogP contribution in [-0.2, 0) is 19.0 Å². The molecule has 0 N–H and O–H groups in total. The van der Waals surface area contributed by atoms with Crippen LogP contribution in [0.3, 0.4) is 0 Å². The van der Waals surface area contributed by atoms with E-state index in [-0.39, 0.29) is 24.3 Å². The fourth-order valence-corrected chi connectivity index (χ4v) is 6.68. The van der Waals surface area contributed by atoms with Crippen molar-refractivity contribution in [2.45, 2.75) is 61.3 Å². The number of esters is 1. The van der Waals surface area contributed by atoms with Gasteiger partial charge in [0.1, 0.15) is 21.7 Å². The van der Waals surface area contributed by atoms with Gasteiger partial charge in [-0.25, -0.2) is 4.79 Å². The molecule has 4 aliphatic carbocycles. The molecule has 4 bridgehead atoms. The Morgan fingerprint density at radius 2 is 1.83 bits per heavy atom. The Morgan fingerprint density at radius 3 is 2.50 bits per heavy atom. The number of hydrogen-bond donors (Lipinski definition) is 0. The highest BCUT2D eigenvalue weighted by Crippen LogP contribution is 2.69. The minimum absolute atomic E-state index is 0.0122. The number of rotatable bonds is 3. The average Bonchev–Trinajstić information content (AvgIpc) is 3.27. The van der Waals surface area contributed by atoms with Gasteiger partial charge in [-0.05, 0) is 56.3 Å². The standard InChI is InChI=1S/C18H23IO5/c1-3-18(2,19)16(20)22-11-5-7-4-8(11)13-10-6-9(12(7)13)14-15(10)24-17(21)23-14/h7-15H,3-6H2,1-2H3. The molecule has 0 aromatic rings. The SMILES string of the molecule is CCC(C)(I)C(=O)OC1CC2CC1C1C3CC(C4OC(=O)OC34)C21. The van der Waals surface area contributed by atoms with Crippen LogP contribution in [0.1, 0.15) is 39.5 Å². The third-order valence-corrected chi connectivity index (χ3v) is 8.79. The normalized spacial score (nSPS) is 52.5. The maximum atomic E-state index is 12.5. The second-order valence-electron chi connectivity index (χ2n) is 8.52.